The minimum Gasteiger partial charge on any atom is -0.250 e. The summed E-state index contributed by atoms with van der Waals surface area (Å²) in [5, 5.41) is 6.22. The van der Waals surface area contributed by atoms with Crippen molar-refractivity contribution < 1.29 is 0 Å². The maximum Gasteiger partial charge on any atom is 0.0794 e. The smallest absolute Gasteiger partial charge is 0.0794 e. The van der Waals surface area contributed by atoms with E-state index in [1.165, 1.54) is 5.56 Å². The summed E-state index contributed by atoms with van der Waals surface area (Å²) >= 11 is 3.37. The summed E-state index contributed by atoms with van der Waals surface area (Å²) in [6.07, 6.45) is 0. The van der Waals surface area contributed by atoms with Crippen molar-refractivity contribution in [3.8, 4) is 0 Å². The SMILES string of the molecule is Cc1ccsc1.Cc1cscn1. The maximum absolute atomic E-state index is 3.94. The van der Waals surface area contributed by atoms with Crippen LogP contribution in [0, 0.1) is 13.8 Å². The second-order valence-electron chi connectivity index (χ2n) is 2.43. The molecule has 0 aromatic carbocycles. The molecule has 3 heteroatoms. The first-order valence-corrected chi connectivity index (χ1v) is 5.51. The number of aryl methyl sites for hydroxylation is 2. The predicted octanol–water partition coefficient (Wildman–Crippen LogP) is 3.51. The fourth-order valence-electron chi connectivity index (χ4n) is 0.605. The standard InChI is InChI=1S/C5H6S.C4H5NS/c1-5-2-3-6-4-5;1-4-2-6-3-5-4/h2-4H,1H3;2-3H,1H3. The van der Waals surface area contributed by atoms with Crippen LogP contribution in [0.25, 0.3) is 0 Å². The molecule has 0 radical (unpaired) electrons. The molecule has 0 spiro atoms. The molecular formula is C9H11NS2. The highest BCUT2D eigenvalue weighted by molar-refractivity contribution is 7.08. The molecule has 0 N–H and O–H groups in total. The zero-order chi connectivity index (χ0) is 8.81. The van der Waals surface area contributed by atoms with Crippen LogP contribution >= 0.6 is 22.7 Å². The third kappa shape index (κ3) is 3.64. The van der Waals surface area contributed by atoms with Crippen molar-refractivity contribution in [3.63, 3.8) is 0 Å². The highest BCUT2D eigenvalue weighted by Gasteiger charge is 1.76. The highest BCUT2D eigenvalue weighted by Crippen LogP contribution is 2.01. The monoisotopic (exact) mass is 197 g/mol. The van der Waals surface area contributed by atoms with E-state index in [1.807, 2.05) is 17.8 Å². The molecular weight excluding hydrogens is 186 g/mol. The fourth-order valence-corrected chi connectivity index (χ4v) is 1.82. The lowest BCUT2D eigenvalue weighted by Gasteiger charge is -1.65. The Balaban J connectivity index is 0.000000120. The van der Waals surface area contributed by atoms with Crippen LogP contribution in [-0.4, -0.2) is 4.98 Å². The van der Waals surface area contributed by atoms with E-state index >= 15 is 0 Å². The predicted molar refractivity (Wildman–Crippen MR) is 55.9 cm³/mol. The van der Waals surface area contributed by atoms with Crippen molar-refractivity contribution in [2.45, 2.75) is 13.8 Å². The first kappa shape index (κ1) is 9.42. The second-order valence-corrected chi connectivity index (χ2v) is 3.93. The van der Waals surface area contributed by atoms with Crippen LogP contribution in [-0.2, 0) is 0 Å². The average molecular weight is 197 g/mol. The van der Waals surface area contributed by atoms with Crippen LogP contribution in [0.2, 0.25) is 0 Å². The molecule has 0 unspecified atom stereocenters. The Kier molecular flexibility index (Phi) is 3.97. The number of aromatic nitrogens is 1. The van der Waals surface area contributed by atoms with Crippen LogP contribution in [0.4, 0.5) is 0 Å². The molecule has 0 saturated carbocycles. The zero-order valence-corrected chi connectivity index (χ0v) is 8.78. The van der Waals surface area contributed by atoms with Gasteiger partial charge < -0.3 is 0 Å². The molecule has 0 atom stereocenters. The van der Waals surface area contributed by atoms with E-state index in [0.717, 1.165) is 5.69 Å². The third-order valence-electron chi connectivity index (χ3n) is 1.22. The third-order valence-corrected chi connectivity index (χ3v) is 2.72. The van der Waals surface area contributed by atoms with Crippen molar-refractivity contribution in [3.05, 3.63) is 39.0 Å². The molecule has 2 aromatic heterocycles. The van der Waals surface area contributed by atoms with E-state index in [-0.39, 0.29) is 0 Å². The van der Waals surface area contributed by atoms with Crippen LogP contribution in [0.3, 0.4) is 0 Å². The minimum atomic E-state index is 1.11. The van der Waals surface area contributed by atoms with Crippen molar-refractivity contribution in [1.82, 2.24) is 4.98 Å². The summed E-state index contributed by atoms with van der Waals surface area (Å²) in [6, 6.07) is 2.10. The summed E-state index contributed by atoms with van der Waals surface area (Å²) in [5.41, 5.74) is 4.30. The Hall–Kier alpha value is -0.670. The molecule has 0 fully saturated rings. The number of hydrogen-bond acceptors (Lipinski definition) is 3. The van der Waals surface area contributed by atoms with Gasteiger partial charge in [-0.1, -0.05) is 0 Å². The highest BCUT2D eigenvalue weighted by atomic mass is 32.1. The first-order chi connectivity index (χ1) is 5.79. The Labute approximate surface area is 80.7 Å². The Morgan fingerprint density at radius 3 is 2.17 bits per heavy atom. The summed E-state index contributed by atoms with van der Waals surface area (Å²) in [4.78, 5) is 3.94. The van der Waals surface area contributed by atoms with Gasteiger partial charge >= 0.3 is 0 Å². The van der Waals surface area contributed by atoms with Crippen molar-refractivity contribution >= 4 is 22.7 Å². The lowest BCUT2D eigenvalue weighted by molar-refractivity contribution is 1.27. The lowest BCUT2D eigenvalue weighted by atomic mass is 10.4. The quantitative estimate of drug-likeness (QED) is 0.630. The molecule has 0 aliphatic rings. The first-order valence-electron chi connectivity index (χ1n) is 3.62. The average Bonchev–Trinajstić information content (AvgIpc) is 2.63. The summed E-state index contributed by atoms with van der Waals surface area (Å²) in [6.45, 7) is 4.08. The molecule has 12 heavy (non-hydrogen) atoms. The van der Waals surface area contributed by atoms with Crippen LogP contribution in [0.15, 0.2) is 27.7 Å². The zero-order valence-electron chi connectivity index (χ0n) is 7.15. The second kappa shape index (κ2) is 5.06. The van der Waals surface area contributed by atoms with Gasteiger partial charge in [-0.15, -0.1) is 11.3 Å². The van der Waals surface area contributed by atoms with Crippen molar-refractivity contribution in [2.75, 3.05) is 0 Å². The van der Waals surface area contributed by atoms with Crippen molar-refractivity contribution in [1.29, 1.82) is 0 Å². The fraction of sp³-hybridized carbons (Fsp3) is 0.222. The van der Waals surface area contributed by atoms with Crippen LogP contribution in [0.5, 0.6) is 0 Å². The molecule has 0 saturated heterocycles. The van der Waals surface area contributed by atoms with Gasteiger partial charge in [-0.25, -0.2) is 0 Å². The molecule has 0 amide bonds. The van der Waals surface area contributed by atoms with Crippen LogP contribution in [0.1, 0.15) is 11.3 Å². The van der Waals surface area contributed by atoms with Gasteiger partial charge in [0.2, 0.25) is 0 Å². The number of nitrogens with zero attached hydrogens (tertiary/aromatic N) is 1. The molecule has 64 valence electrons. The molecule has 0 bridgehead atoms. The molecule has 1 nitrogen and oxygen atoms in total. The van der Waals surface area contributed by atoms with Gasteiger partial charge in [0.15, 0.2) is 0 Å². The van der Waals surface area contributed by atoms with Gasteiger partial charge in [0.1, 0.15) is 0 Å². The molecule has 2 rings (SSSR count). The van der Waals surface area contributed by atoms with Crippen molar-refractivity contribution in [2.24, 2.45) is 0 Å². The normalized spacial score (nSPS) is 8.83. The summed E-state index contributed by atoms with van der Waals surface area (Å²) < 4.78 is 0. The van der Waals surface area contributed by atoms with Gasteiger partial charge in [-0.05, 0) is 36.2 Å². The van der Waals surface area contributed by atoms with E-state index in [0.29, 0.717) is 0 Å². The number of thiazole rings is 1. The maximum atomic E-state index is 3.94. The van der Waals surface area contributed by atoms with Gasteiger partial charge in [0.05, 0.1) is 5.51 Å². The summed E-state index contributed by atoms with van der Waals surface area (Å²) in [5.74, 6) is 0. The number of rotatable bonds is 0. The Bertz CT molecular complexity index is 252. The van der Waals surface area contributed by atoms with Gasteiger partial charge in [0, 0.05) is 11.1 Å². The van der Waals surface area contributed by atoms with Gasteiger partial charge in [-0.2, -0.15) is 11.3 Å². The molecule has 2 heterocycles. The molecule has 0 aliphatic carbocycles. The molecule has 0 aliphatic heterocycles. The molecule has 2 aromatic rings. The van der Waals surface area contributed by atoms with Gasteiger partial charge in [-0.3, -0.25) is 4.98 Å². The van der Waals surface area contributed by atoms with Gasteiger partial charge in [0.25, 0.3) is 0 Å². The largest absolute Gasteiger partial charge is 0.250 e. The van der Waals surface area contributed by atoms with E-state index in [9.17, 15) is 0 Å². The Morgan fingerprint density at radius 2 is 2.00 bits per heavy atom. The Morgan fingerprint density at radius 1 is 1.17 bits per heavy atom. The summed E-state index contributed by atoms with van der Waals surface area (Å²) in [7, 11) is 0. The van der Waals surface area contributed by atoms with E-state index in [4.69, 9.17) is 0 Å². The minimum absolute atomic E-state index is 1.11. The number of thiophene rings is 1. The van der Waals surface area contributed by atoms with E-state index in [1.54, 1.807) is 22.7 Å². The van der Waals surface area contributed by atoms with Crippen LogP contribution < -0.4 is 0 Å². The number of hydrogen-bond donors (Lipinski definition) is 0. The topological polar surface area (TPSA) is 12.9 Å². The van der Waals surface area contributed by atoms with E-state index in [2.05, 4.69) is 28.7 Å². The van der Waals surface area contributed by atoms with E-state index < -0.39 is 0 Å². The lowest BCUT2D eigenvalue weighted by Crippen LogP contribution is -1.59.